The average Bonchev–Trinajstić information content (AvgIpc) is 2.96. The molecule has 1 saturated heterocycles. The number of rotatable bonds is 12. The summed E-state index contributed by atoms with van der Waals surface area (Å²) in [6.07, 6.45) is -1.14. The van der Waals surface area contributed by atoms with Crippen molar-refractivity contribution in [3.05, 3.63) is 0 Å². The van der Waals surface area contributed by atoms with Gasteiger partial charge in [0.2, 0.25) is 11.8 Å². The van der Waals surface area contributed by atoms with E-state index in [1.807, 2.05) is 0 Å². The number of hydrogen-bond donors (Lipinski definition) is 4. The molecule has 50 heavy (non-hydrogen) atoms. The van der Waals surface area contributed by atoms with Crippen LogP contribution in [0.2, 0.25) is 0 Å². The van der Waals surface area contributed by atoms with Crippen LogP contribution in [0, 0.1) is 0 Å². The number of nitrogens with zero attached hydrogens (tertiary/aromatic N) is 2. The molecule has 0 aromatic heterocycles. The van der Waals surface area contributed by atoms with Crippen LogP contribution in [0.5, 0.6) is 0 Å². The van der Waals surface area contributed by atoms with Crippen molar-refractivity contribution in [2.45, 2.75) is 77.7 Å². The van der Waals surface area contributed by atoms with Gasteiger partial charge in [-0.3, -0.25) is 29.0 Å². The number of hydrogen-bond acceptors (Lipinski definition) is 14. The van der Waals surface area contributed by atoms with Crippen molar-refractivity contribution in [3.63, 3.8) is 0 Å². The van der Waals surface area contributed by atoms with Gasteiger partial charge in [0, 0.05) is 26.2 Å². The van der Waals surface area contributed by atoms with Crippen molar-refractivity contribution < 1.29 is 67.4 Å². The minimum Gasteiger partial charge on any atom is -0.481 e. The summed E-state index contributed by atoms with van der Waals surface area (Å²) in [7, 11) is 0. The molecule has 0 bridgehead atoms. The third-order valence-corrected chi connectivity index (χ3v) is 6.52. The minimum atomic E-state index is -1.55. The molecule has 0 aromatic rings. The molecule has 0 aromatic carbocycles. The van der Waals surface area contributed by atoms with Gasteiger partial charge in [0.25, 0.3) is 0 Å². The first-order valence-corrected chi connectivity index (χ1v) is 16.6. The zero-order valence-corrected chi connectivity index (χ0v) is 30.2. The molecule has 2 amide bonds. The summed E-state index contributed by atoms with van der Waals surface area (Å²) in [6, 6.07) is -2.80. The van der Waals surface area contributed by atoms with Crippen molar-refractivity contribution in [2.24, 2.45) is 0 Å². The fourth-order valence-electron chi connectivity index (χ4n) is 4.34. The molecule has 4 N–H and O–H groups in total. The molecule has 2 unspecified atom stereocenters. The summed E-state index contributed by atoms with van der Waals surface area (Å²) in [5, 5.41) is 22.9. The smallest absolute Gasteiger partial charge is 0.329 e. The molecular weight excluding hydrogens is 664 g/mol. The topological polar surface area (TPSA) is 229 Å². The zero-order valence-electron chi connectivity index (χ0n) is 30.2. The molecule has 2 atom stereocenters. The monoisotopic (exact) mass is 720 g/mol. The number of amides is 2. The van der Waals surface area contributed by atoms with Crippen LogP contribution in [0.4, 0.5) is 0 Å². The second-order valence-electron chi connectivity index (χ2n) is 13.5. The Hall–Kier alpha value is -3.42. The normalized spacial score (nSPS) is 18.4. The predicted molar refractivity (Wildman–Crippen MR) is 176 cm³/mol. The van der Waals surface area contributed by atoms with Gasteiger partial charge >= 0.3 is 23.9 Å². The highest BCUT2D eigenvalue weighted by atomic mass is 16.6. The lowest BCUT2D eigenvalue weighted by Crippen LogP contribution is -2.49. The number of nitrogens with one attached hydrogen (secondary N) is 2. The lowest BCUT2D eigenvalue weighted by Gasteiger charge is -2.27. The first kappa shape index (κ1) is 44.6. The van der Waals surface area contributed by atoms with E-state index in [2.05, 4.69) is 10.6 Å². The Morgan fingerprint density at radius 3 is 1.32 bits per heavy atom. The largest absolute Gasteiger partial charge is 0.481 e. The number of carboxylic acid groups (broad SMARTS) is 2. The van der Waals surface area contributed by atoms with Gasteiger partial charge in [0.05, 0.1) is 78.8 Å². The standard InChI is InChI=1S/C32H56N4O14/c1-31(2,3)49-28(41)20-24(30(44)50-32(4,5)6)34-26(38)22-36-9-13-47-17-15-45-11-7-35(8-12-46-16-18-48-14-10-36)21-25(37)33-23(29(42)43)19-27(39)40/h23-24H,7-22H2,1-6H3,(H,33,37)(H,34,38)(H,39,40)(H,42,43). The fraction of sp³-hybridized carbons (Fsp3) is 0.812. The van der Waals surface area contributed by atoms with Crippen molar-refractivity contribution in [2.75, 3.05) is 92.1 Å². The Labute approximate surface area is 293 Å². The van der Waals surface area contributed by atoms with Gasteiger partial charge in [0.1, 0.15) is 23.3 Å². The molecule has 18 nitrogen and oxygen atoms in total. The molecule has 288 valence electrons. The van der Waals surface area contributed by atoms with E-state index in [-0.39, 0.29) is 65.9 Å². The SMILES string of the molecule is CC(C)(C)OC(=O)CC(NC(=O)CN1CCOCCOCCN(CC(=O)NC(CC(=O)O)C(=O)O)CCOCCOCC1)C(=O)OC(C)(C)C. The van der Waals surface area contributed by atoms with Crippen LogP contribution in [0.25, 0.3) is 0 Å². The molecule has 0 saturated carbocycles. The molecule has 1 aliphatic heterocycles. The Balaban J connectivity index is 2.72. The van der Waals surface area contributed by atoms with E-state index < -0.39 is 71.8 Å². The number of carboxylic acids is 2. The molecule has 1 aliphatic rings. The first-order valence-electron chi connectivity index (χ1n) is 16.6. The van der Waals surface area contributed by atoms with Crippen LogP contribution >= 0.6 is 0 Å². The molecule has 0 spiro atoms. The number of aliphatic carboxylic acids is 2. The summed E-state index contributed by atoms with van der Waals surface area (Å²) in [5.41, 5.74) is -1.61. The summed E-state index contributed by atoms with van der Waals surface area (Å²) >= 11 is 0. The van der Waals surface area contributed by atoms with E-state index in [1.54, 1.807) is 51.3 Å². The fourth-order valence-corrected chi connectivity index (χ4v) is 4.34. The van der Waals surface area contributed by atoms with Gasteiger partial charge in [-0.05, 0) is 41.5 Å². The van der Waals surface area contributed by atoms with Crippen molar-refractivity contribution >= 4 is 35.7 Å². The predicted octanol–water partition coefficient (Wildman–Crippen LogP) is -0.727. The number of carbonyl (C=O) groups is 6. The van der Waals surface area contributed by atoms with Gasteiger partial charge in [-0.1, -0.05) is 0 Å². The van der Waals surface area contributed by atoms with Gasteiger partial charge in [-0.2, -0.15) is 0 Å². The Morgan fingerprint density at radius 1 is 0.600 bits per heavy atom. The zero-order chi connectivity index (χ0) is 37.7. The van der Waals surface area contributed by atoms with Gasteiger partial charge in [0.15, 0.2) is 0 Å². The van der Waals surface area contributed by atoms with Crippen LogP contribution in [0.3, 0.4) is 0 Å². The summed E-state index contributed by atoms with van der Waals surface area (Å²) in [4.78, 5) is 76.6. The van der Waals surface area contributed by atoms with E-state index >= 15 is 0 Å². The average molecular weight is 721 g/mol. The van der Waals surface area contributed by atoms with Crippen LogP contribution < -0.4 is 10.6 Å². The van der Waals surface area contributed by atoms with Crippen LogP contribution in [-0.4, -0.2) is 171 Å². The van der Waals surface area contributed by atoms with Crippen LogP contribution in [0.15, 0.2) is 0 Å². The molecule has 1 fully saturated rings. The second-order valence-corrected chi connectivity index (χ2v) is 13.5. The third kappa shape index (κ3) is 23.1. The Morgan fingerprint density at radius 2 is 0.980 bits per heavy atom. The summed E-state index contributed by atoms with van der Waals surface area (Å²) in [6.45, 7) is 13.1. The summed E-state index contributed by atoms with van der Waals surface area (Å²) < 4.78 is 33.4. The molecule has 18 heteroatoms. The van der Waals surface area contributed by atoms with Crippen LogP contribution in [-0.2, 0) is 57.2 Å². The second kappa shape index (κ2) is 23.1. The van der Waals surface area contributed by atoms with E-state index in [9.17, 15) is 33.9 Å². The van der Waals surface area contributed by atoms with Crippen molar-refractivity contribution in [1.29, 1.82) is 0 Å². The van der Waals surface area contributed by atoms with Crippen molar-refractivity contribution in [3.8, 4) is 0 Å². The number of carbonyl (C=O) groups excluding carboxylic acids is 4. The minimum absolute atomic E-state index is 0.111. The van der Waals surface area contributed by atoms with E-state index in [1.165, 1.54) is 0 Å². The molecular formula is C32H56N4O14. The number of esters is 2. The maximum Gasteiger partial charge on any atom is 0.329 e. The summed E-state index contributed by atoms with van der Waals surface area (Å²) in [5.74, 6) is -5.35. The van der Waals surface area contributed by atoms with Gasteiger partial charge < -0.3 is 49.3 Å². The number of ether oxygens (including phenoxy) is 6. The van der Waals surface area contributed by atoms with Crippen LogP contribution in [0.1, 0.15) is 54.4 Å². The van der Waals surface area contributed by atoms with Gasteiger partial charge in [-0.25, -0.2) is 9.59 Å². The quantitative estimate of drug-likeness (QED) is 0.182. The molecule has 1 rings (SSSR count). The third-order valence-electron chi connectivity index (χ3n) is 6.52. The lowest BCUT2D eigenvalue weighted by molar-refractivity contribution is -0.165. The van der Waals surface area contributed by atoms with Gasteiger partial charge in [-0.15, -0.1) is 0 Å². The van der Waals surface area contributed by atoms with E-state index in [0.29, 0.717) is 26.2 Å². The first-order chi connectivity index (χ1) is 23.3. The Bertz CT molecular complexity index is 1070. The molecule has 1 heterocycles. The Kier molecular flexibility index (Phi) is 20.6. The van der Waals surface area contributed by atoms with E-state index in [4.69, 9.17) is 33.5 Å². The van der Waals surface area contributed by atoms with E-state index in [0.717, 1.165) is 0 Å². The molecule has 0 radical (unpaired) electrons. The highest BCUT2D eigenvalue weighted by Gasteiger charge is 2.31. The maximum absolute atomic E-state index is 13.1. The molecule has 0 aliphatic carbocycles. The maximum atomic E-state index is 13.1. The lowest BCUT2D eigenvalue weighted by atomic mass is 10.1. The van der Waals surface area contributed by atoms with Crippen molar-refractivity contribution in [1.82, 2.24) is 20.4 Å². The highest BCUT2D eigenvalue weighted by molar-refractivity contribution is 5.89. The highest BCUT2D eigenvalue weighted by Crippen LogP contribution is 2.13.